The molecule has 1 N–H and O–H groups in total. The minimum Gasteiger partial charge on any atom is -0.376 e. The summed E-state index contributed by atoms with van der Waals surface area (Å²) in [6.45, 7) is 9.68. The largest absolute Gasteiger partial charge is 0.376 e. The maximum Gasteiger partial charge on any atom is 0.119 e. The summed E-state index contributed by atoms with van der Waals surface area (Å²) in [6, 6.07) is 2.00. The molecule has 0 heterocycles. The van der Waals surface area contributed by atoms with Gasteiger partial charge in [0, 0.05) is 0 Å². The molecule has 2 atom stereocenters. The molecule has 0 bridgehead atoms. The molecule has 82 valence electrons. The van der Waals surface area contributed by atoms with Crippen LogP contribution in [0.15, 0.2) is 0 Å². The van der Waals surface area contributed by atoms with Gasteiger partial charge in [-0.3, -0.25) is 0 Å². The van der Waals surface area contributed by atoms with E-state index in [9.17, 15) is 0 Å². The Balaban J connectivity index is 3.63. The Labute approximate surface area is 87.4 Å². The van der Waals surface area contributed by atoms with Crippen molar-refractivity contribution >= 4 is 0 Å². The van der Waals surface area contributed by atoms with Crippen LogP contribution < -0.4 is 5.32 Å². The lowest BCUT2D eigenvalue weighted by Crippen LogP contribution is -2.33. The third kappa shape index (κ3) is 6.88. The number of nitriles is 1. The van der Waals surface area contributed by atoms with Crippen LogP contribution in [-0.4, -0.2) is 25.3 Å². The SMILES string of the molecule is CCNC(C#N)COC(C)CC(C)C. The standard InChI is InChI=1S/C11H22N2O/c1-5-13-11(7-12)8-14-10(4)6-9(2)3/h9-11,13H,5-6,8H2,1-4H3. The summed E-state index contributed by atoms with van der Waals surface area (Å²) in [7, 11) is 0. The first-order valence-corrected chi connectivity index (χ1v) is 5.34. The van der Waals surface area contributed by atoms with Crippen molar-refractivity contribution in [2.24, 2.45) is 5.92 Å². The van der Waals surface area contributed by atoms with Crippen LogP contribution in [0.4, 0.5) is 0 Å². The number of hydrogen-bond donors (Lipinski definition) is 1. The number of likely N-dealkylation sites (N-methyl/N-ethyl adjacent to an activating group) is 1. The van der Waals surface area contributed by atoms with Crippen LogP contribution in [0.2, 0.25) is 0 Å². The average Bonchev–Trinajstić information content (AvgIpc) is 2.11. The van der Waals surface area contributed by atoms with Crippen LogP contribution in [0.25, 0.3) is 0 Å². The lowest BCUT2D eigenvalue weighted by Gasteiger charge is -2.17. The monoisotopic (exact) mass is 198 g/mol. The van der Waals surface area contributed by atoms with Crippen LogP contribution in [0.3, 0.4) is 0 Å². The first-order valence-electron chi connectivity index (χ1n) is 5.34. The predicted octanol–water partition coefficient (Wildman–Crippen LogP) is 1.94. The zero-order valence-electron chi connectivity index (χ0n) is 9.71. The van der Waals surface area contributed by atoms with Crippen LogP contribution in [0.5, 0.6) is 0 Å². The number of ether oxygens (including phenoxy) is 1. The minimum absolute atomic E-state index is 0.172. The molecule has 14 heavy (non-hydrogen) atoms. The molecular formula is C11H22N2O. The van der Waals surface area contributed by atoms with E-state index >= 15 is 0 Å². The third-order valence-electron chi connectivity index (χ3n) is 1.96. The Bertz CT molecular complexity index is 175. The molecule has 3 nitrogen and oxygen atoms in total. The van der Waals surface area contributed by atoms with Gasteiger partial charge in [0.1, 0.15) is 6.04 Å². The fourth-order valence-electron chi connectivity index (χ4n) is 1.38. The topological polar surface area (TPSA) is 45.0 Å². The maximum atomic E-state index is 8.76. The molecule has 0 aliphatic rings. The van der Waals surface area contributed by atoms with E-state index in [2.05, 4.69) is 32.2 Å². The Morgan fingerprint density at radius 3 is 2.43 bits per heavy atom. The zero-order chi connectivity index (χ0) is 11.0. The summed E-state index contributed by atoms with van der Waals surface area (Å²) in [6.07, 6.45) is 1.29. The average molecular weight is 198 g/mol. The lowest BCUT2D eigenvalue weighted by atomic mass is 10.1. The van der Waals surface area contributed by atoms with E-state index in [-0.39, 0.29) is 12.1 Å². The van der Waals surface area contributed by atoms with Crippen LogP contribution in [0, 0.1) is 17.2 Å². The van der Waals surface area contributed by atoms with Crippen LogP contribution in [0.1, 0.15) is 34.1 Å². The van der Waals surface area contributed by atoms with Crippen molar-refractivity contribution in [3.8, 4) is 6.07 Å². The molecular weight excluding hydrogens is 176 g/mol. The first kappa shape index (κ1) is 13.4. The molecule has 0 rings (SSSR count). The highest BCUT2D eigenvalue weighted by molar-refractivity contribution is 4.89. The third-order valence-corrected chi connectivity index (χ3v) is 1.96. The van der Waals surface area contributed by atoms with E-state index in [0.29, 0.717) is 12.5 Å². The van der Waals surface area contributed by atoms with Gasteiger partial charge in [-0.2, -0.15) is 5.26 Å². The Morgan fingerprint density at radius 2 is 2.00 bits per heavy atom. The molecule has 0 fully saturated rings. The van der Waals surface area contributed by atoms with Crippen molar-refractivity contribution in [3.05, 3.63) is 0 Å². The van der Waals surface area contributed by atoms with Crippen molar-refractivity contribution in [1.29, 1.82) is 5.26 Å². The second-order valence-electron chi connectivity index (χ2n) is 4.01. The quantitative estimate of drug-likeness (QED) is 0.680. The summed E-state index contributed by atoms with van der Waals surface area (Å²) in [5.74, 6) is 0.643. The second kappa shape index (κ2) is 7.78. The minimum atomic E-state index is -0.172. The van der Waals surface area contributed by atoms with E-state index in [1.54, 1.807) is 0 Å². The molecule has 3 heteroatoms. The molecule has 2 unspecified atom stereocenters. The van der Waals surface area contributed by atoms with Crippen LogP contribution in [-0.2, 0) is 4.74 Å². The van der Waals surface area contributed by atoms with Crippen LogP contribution >= 0.6 is 0 Å². The normalized spacial score (nSPS) is 15.1. The molecule has 0 aromatic rings. The molecule has 0 aromatic carbocycles. The first-order chi connectivity index (χ1) is 6.60. The fraction of sp³-hybridized carbons (Fsp3) is 0.909. The summed E-state index contributed by atoms with van der Waals surface area (Å²) < 4.78 is 5.57. The van der Waals surface area contributed by atoms with Crippen molar-refractivity contribution in [3.63, 3.8) is 0 Å². The van der Waals surface area contributed by atoms with Gasteiger partial charge in [0.15, 0.2) is 0 Å². The zero-order valence-corrected chi connectivity index (χ0v) is 9.71. The smallest absolute Gasteiger partial charge is 0.119 e. The van der Waals surface area contributed by atoms with Gasteiger partial charge in [0.2, 0.25) is 0 Å². The van der Waals surface area contributed by atoms with Crippen molar-refractivity contribution < 1.29 is 4.74 Å². The summed E-state index contributed by atoms with van der Waals surface area (Å²) >= 11 is 0. The lowest BCUT2D eigenvalue weighted by molar-refractivity contribution is 0.0454. The maximum absolute atomic E-state index is 8.76. The highest BCUT2D eigenvalue weighted by Crippen LogP contribution is 2.07. The summed E-state index contributed by atoms with van der Waals surface area (Å²) in [5.41, 5.74) is 0. The van der Waals surface area contributed by atoms with Gasteiger partial charge in [-0.25, -0.2) is 0 Å². The summed E-state index contributed by atoms with van der Waals surface area (Å²) in [5, 5.41) is 11.8. The number of rotatable bonds is 7. The Morgan fingerprint density at radius 1 is 1.36 bits per heavy atom. The van der Waals surface area contributed by atoms with E-state index in [1.807, 2.05) is 6.92 Å². The molecule has 0 saturated heterocycles. The fourth-order valence-corrected chi connectivity index (χ4v) is 1.38. The van der Waals surface area contributed by atoms with Gasteiger partial charge < -0.3 is 10.1 Å². The van der Waals surface area contributed by atoms with Crippen molar-refractivity contribution in [2.45, 2.75) is 46.3 Å². The molecule has 0 radical (unpaired) electrons. The number of hydrogen-bond acceptors (Lipinski definition) is 3. The highest BCUT2D eigenvalue weighted by atomic mass is 16.5. The number of nitrogens with one attached hydrogen (secondary N) is 1. The molecule has 0 saturated carbocycles. The molecule has 0 aliphatic carbocycles. The van der Waals surface area contributed by atoms with Gasteiger partial charge >= 0.3 is 0 Å². The van der Waals surface area contributed by atoms with E-state index < -0.39 is 0 Å². The van der Waals surface area contributed by atoms with Gasteiger partial charge in [-0.1, -0.05) is 20.8 Å². The second-order valence-corrected chi connectivity index (χ2v) is 4.01. The molecule has 0 spiro atoms. The van der Waals surface area contributed by atoms with E-state index in [1.165, 1.54) is 0 Å². The molecule has 0 aromatic heterocycles. The highest BCUT2D eigenvalue weighted by Gasteiger charge is 2.09. The van der Waals surface area contributed by atoms with E-state index in [0.717, 1.165) is 13.0 Å². The molecule has 0 amide bonds. The van der Waals surface area contributed by atoms with Crippen molar-refractivity contribution in [1.82, 2.24) is 5.32 Å². The van der Waals surface area contributed by atoms with Gasteiger partial charge in [0.05, 0.1) is 18.8 Å². The molecule has 0 aliphatic heterocycles. The number of nitrogens with zero attached hydrogens (tertiary/aromatic N) is 1. The van der Waals surface area contributed by atoms with Gasteiger partial charge in [-0.15, -0.1) is 0 Å². The Kier molecular flexibility index (Phi) is 7.45. The predicted molar refractivity (Wildman–Crippen MR) is 57.9 cm³/mol. The van der Waals surface area contributed by atoms with E-state index in [4.69, 9.17) is 10.00 Å². The van der Waals surface area contributed by atoms with Crippen molar-refractivity contribution in [2.75, 3.05) is 13.2 Å². The van der Waals surface area contributed by atoms with Gasteiger partial charge in [-0.05, 0) is 25.8 Å². The Hall–Kier alpha value is -0.590. The summed E-state index contributed by atoms with van der Waals surface area (Å²) in [4.78, 5) is 0. The van der Waals surface area contributed by atoms with Gasteiger partial charge in [0.25, 0.3) is 0 Å².